The van der Waals surface area contributed by atoms with Gasteiger partial charge in [-0.05, 0) is 42.5 Å². The molecule has 0 aliphatic heterocycles. The molecule has 28 heavy (non-hydrogen) atoms. The highest BCUT2D eigenvalue weighted by Gasteiger charge is 2.14. The van der Waals surface area contributed by atoms with E-state index in [1.165, 1.54) is 29.9 Å². The summed E-state index contributed by atoms with van der Waals surface area (Å²) in [6.07, 6.45) is 3.56. The Morgan fingerprint density at radius 3 is 2.71 bits per heavy atom. The van der Waals surface area contributed by atoms with Crippen molar-refractivity contribution >= 4 is 17.5 Å². The largest absolute Gasteiger partial charge is 0.469 e. The number of nitrogens with zero attached hydrogens (tertiary/aromatic N) is 1. The number of carbonyl (C=O) groups is 2. The fourth-order valence-electron chi connectivity index (χ4n) is 2.62. The average molecular weight is 383 g/mol. The molecule has 0 unspecified atom stereocenters. The molecule has 144 valence electrons. The number of anilines is 1. The summed E-state index contributed by atoms with van der Waals surface area (Å²) >= 11 is 0. The average Bonchev–Trinajstić information content (AvgIpc) is 3.16. The summed E-state index contributed by atoms with van der Waals surface area (Å²) in [7, 11) is 1.52. The SMILES string of the molecule is Cn1cccc(C(=O)Nc2cc(F)cc(C(=O)NCCc3ccco3)c2)c1=O. The zero-order chi connectivity index (χ0) is 20.1. The summed E-state index contributed by atoms with van der Waals surface area (Å²) in [6.45, 7) is 0.310. The summed E-state index contributed by atoms with van der Waals surface area (Å²) in [5, 5.41) is 5.12. The molecule has 0 aliphatic carbocycles. The number of aromatic nitrogens is 1. The fraction of sp³-hybridized carbons (Fsp3) is 0.150. The second-order valence-corrected chi connectivity index (χ2v) is 6.11. The quantitative estimate of drug-likeness (QED) is 0.683. The van der Waals surface area contributed by atoms with Gasteiger partial charge in [-0.2, -0.15) is 0 Å². The highest BCUT2D eigenvalue weighted by Crippen LogP contribution is 2.15. The Kier molecular flexibility index (Phi) is 5.69. The Labute approximate surface area is 159 Å². The Morgan fingerprint density at radius 1 is 1.14 bits per heavy atom. The van der Waals surface area contributed by atoms with Crippen molar-refractivity contribution < 1.29 is 18.4 Å². The number of furan rings is 1. The molecule has 0 aliphatic rings. The number of aryl methyl sites for hydroxylation is 1. The number of hydrogen-bond donors (Lipinski definition) is 2. The molecule has 2 heterocycles. The maximum Gasteiger partial charge on any atom is 0.263 e. The molecular formula is C20H18FN3O4. The van der Waals surface area contributed by atoms with Crippen molar-refractivity contribution in [3.63, 3.8) is 0 Å². The Bertz CT molecular complexity index is 1060. The molecule has 0 atom stereocenters. The van der Waals surface area contributed by atoms with Crippen LogP contribution >= 0.6 is 0 Å². The molecular weight excluding hydrogens is 365 g/mol. The van der Waals surface area contributed by atoms with Crippen LogP contribution in [0.1, 0.15) is 26.5 Å². The molecule has 3 rings (SSSR count). The minimum Gasteiger partial charge on any atom is -0.469 e. The summed E-state index contributed by atoms with van der Waals surface area (Å²) in [5.74, 6) is -1.14. The number of carbonyl (C=O) groups excluding carboxylic acids is 2. The molecule has 0 saturated heterocycles. The summed E-state index contributed by atoms with van der Waals surface area (Å²) < 4.78 is 20.4. The van der Waals surface area contributed by atoms with Crippen molar-refractivity contribution in [2.24, 2.45) is 7.05 Å². The van der Waals surface area contributed by atoms with E-state index >= 15 is 0 Å². The third-order valence-corrected chi connectivity index (χ3v) is 4.02. The first kappa shape index (κ1) is 19.1. The van der Waals surface area contributed by atoms with Gasteiger partial charge in [0.1, 0.15) is 17.1 Å². The van der Waals surface area contributed by atoms with Crippen molar-refractivity contribution in [1.29, 1.82) is 0 Å². The van der Waals surface area contributed by atoms with Crippen LogP contribution in [0, 0.1) is 5.82 Å². The van der Waals surface area contributed by atoms with E-state index in [1.807, 2.05) is 0 Å². The number of pyridine rings is 1. The van der Waals surface area contributed by atoms with Gasteiger partial charge >= 0.3 is 0 Å². The first-order valence-corrected chi connectivity index (χ1v) is 8.52. The lowest BCUT2D eigenvalue weighted by Gasteiger charge is -2.09. The van der Waals surface area contributed by atoms with Gasteiger partial charge in [0.05, 0.1) is 6.26 Å². The van der Waals surface area contributed by atoms with Gasteiger partial charge in [-0.25, -0.2) is 4.39 Å². The van der Waals surface area contributed by atoms with Crippen molar-refractivity contribution in [2.45, 2.75) is 6.42 Å². The summed E-state index contributed by atoms with van der Waals surface area (Å²) in [4.78, 5) is 36.6. The Morgan fingerprint density at radius 2 is 1.96 bits per heavy atom. The number of nitrogens with one attached hydrogen (secondary N) is 2. The Hall–Kier alpha value is -3.68. The predicted octanol–water partition coefficient (Wildman–Crippen LogP) is 2.34. The topological polar surface area (TPSA) is 93.3 Å². The smallest absolute Gasteiger partial charge is 0.263 e. The second kappa shape index (κ2) is 8.34. The highest BCUT2D eigenvalue weighted by molar-refractivity contribution is 6.04. The maximum atomic E-state index is 13.9. The zero-order valence-electron chi connectivity index (χ0n) is 15.1. The van der Waals surface area contributed by atoms with Gasteiger partial charge in [-0.3, -0.25) is 14.4 Å². The van der Waals surface area contributed by atoms with E-state index in [2.05, 4.69) is 10.6 Å². The molecule has 8 heteroatoms. The van der Waals surface area contributed by atoms with E-state index in [9.17, 15) is 18.8 Å². The lowest BCUT2D eigenvalue weighted by Crippen LogP contribution is -2.27. The number of halogens is 1. The van der Waals surface area contributed by atoms with Crippen LogP contribution in [0.2, 0.25) is 0 Å². The maximum absolute atomic E-state index is 13.9. The van der Waals surface area contributed by atoms with Crippen molar-refractivity contribution in [3.8, 4) is 0 Å². The lowest BCUT2D eigenvalue weighted by atomic mass is 10.1. The molecule has 2 aromatic heterocycles. The number of amides is 2. The third kappa shape index (κ3) is 4.53. The summed E-state index contributed by atoms with van der Waals surface area (Å²) in [5.41, 5.74) is -0.436. The lowest BCUT2D eigenvalue weighted by molar-refractivity contribution is 0.0951. The van der Waals surface area contributed by atoms with Gasteiger partial charge < -0.3 is 19.6 Å². The predicted molar refractivity (Wildman–Crippen MR) is 101 cm³/mol. The minimum atomic E-state index is -0.685. The molecule has 0 fully saturated rings. The highest BCUT2D eigenvalue weighted by atomic mass is 19.1. The van der Waals surface area contributed by atoms with Gasteiger partial charge in [-0.15, -0.1) is 0 Å². The van der Waals surface area contributed by atoms with Crippen LogP contribution in [0.25, 0.3) is 0 Å². The van der Waals surface area contributed by atoms with E-state index in [1.54, 1.807) is 24.5 Å². The van der Waals surface area contributed by atoms with Crippen LogP contribution < -0.4 is 16.2 Å². The molecule has 0 spiro atoms. The molecule has 7 nitrogen and oxygen atoms in total. The first-order chi connectivity index (χ1) is 13.4. The molecule has 0 saturated carbocycles. The van der Waals surface area contributed by atoms with Gasteiger partial charge in [-0.1, -0.05) is 0 Å². The monoisotopic (exact) mass is 383 g/mol. The minimum absolute atomic E-state index is 0.0516. The molecule has 2 N–H and O–H groups in total. The van der Waals surface area contributed by atoms with Crippen LogP contribution in [0.5, 0.6) is 0 Å². The summed E-state index contributed by atoms with van der Waals surface area (Å²) in [6, 6.07) is 9.95. The van der Waals surface area contributed by atoms with Crippen molar-refractivity contribution in [3.05, 3.63) is 88.0 Å². The van der Waals surface area contributed by atoms with E-state index in [0.717, 1.165) is 17.9 Å². The van der Waals surface area contributed by atoms with Gasteiger partial charge in [0.25, 0.3) is 17.4 Å². The normalized spacial score (nSPS) is 10.5. The van der Waals surface area contributed by atoms with E-state index in [4.69, 9.17) is 4.42 Å². The first-order valence-electron chi connectivity index (χ1n) is 8.52. The molecule has 0 radical (unpaired) electrons. The molecule has 2 amide bonds. The number of rotatable bonds is 6. The van der Waals surface area contributed by atoms with E-state index in [-0.39, 0.29) is 16.8 Å². The van der Waals surface area contributed by atoms with Crippen LogP contribution in [0.15, 0.2) is 64.1 Å². The zero-order valence-corrected chi connectivity index (χ0v) is 15.1. The fourth-order valence-corrected chi connectivity index (χ4v) is 2.62. The van der Waals surface area contributed by atoms with Gasteiger partial charge in [0, 0.05) is 37.5 Å². The van der Waals surface area contributed by atoms with Crippen LogP contribution in [-0.2, 0) is 13.5 Å². The third-order valence-electron chi connectivity index (χ3n) is 4.02. The second-order valence-electron chi connectivity index (χ2n) is 6.11. The van der Waals surface area contributed by atoms with Gasteiger partial charge in [0.15, 0.2) is 0 Å². The molecule has 1 aromatic carbocycles. The van der Waals surface area contributed by atoms with Crippen molar-refractivity contribution in [2.75, 3.05) is 11.9 Å². The molecule has 0 bridgehead atoms. The van der Waals surface area contributed by atoms with Crippen molar-refractivity contribution in [1.82, 2.24) is 9.88 Å². The number of benzene rings is 1. The standard InChI is InChI=1S/C20H18FN3O4/c1-24-8-2-5-17(20(24)27)19(26)23-15-11-13(10-14(21)12-15)18(25)22-7-6-16-4-3-9-28-16/h2-5,8-12H,6-7H2,1H3,(H,22,25)(H,23,26). The number of hydrogen-bond acceptors (Lipinski definition) is 4. The van der Waals surface area contributed by atoms with Crippen LogP contribution in [0.4, 0.5) is 10.1 Å². The van der Waals surface area contributed by atoms with Crippen LogP contribution in [0.3, 0.4) is 0 Å². The van der Waals surface area contributed by atoms with E-state index < -0.39 is 23.2 Å². The van der Waals surface area contributed by atoms with Gasteiger partial charge in [0.2, 0.25) is 0 Å². The Balaban J connectivity index is 1.70. The van der Waals surface area contributed by atoms with Crippen LogP contribution in [-0.4, -0.2) is 22.9 Å². The molecule has 3 aromatic rings. The van der Waals surface area contributed by atoms with E-state index in [0.29, 0.717) is 13.0 Å².